The number of carbonyl (C=O) groups is 1. The fraction of sp³-hybridized carbons (Fsp3) is 0.429. The smallest absolute Gasteiger partial charge is 0.295 e. The lowest BCUT2D eigenvalue weighted by molar-refractivity contribution is -0.138. The minimum atomic E-state index is -4.58. The van der Waals surface area contributed by atoms with Gasteiger partial charge in [0, 0.05) is 24.7 Å². The molecule has 5 rings (SSSR count). The highest BCUT2D eigenvalue weighted by Crippen LogP contribution is 2.33. The Morgan fingerprint density at radius 1 is 1.00 bits per heavy atom. The summed E-state index contributed by atoms with van der Waals surface area (Å²) in [6.07, 6.45) is 2.60. The third-order valence-corrected chi connectivity index (χ3v) is 6.86. The largest absolute Gasteiger partial charge is 0.418 e. The molecule has 1 saturated heterocycles. The van der Waals surface area contributed by atoms with Gasteiger partial charge in [-0.25, -0.2) is 9.07 Å². The van der Waals surface area contributed by atoms with Crippen LogP contribution >= 0.6 is 0 Å². The number of halogens is 4. The molecule has 1 aromatic carbocycles. The maximum Gasteiger partial charge on any atom is 0.418 e. The third-order valence-electron chi connectivity index (χ3n) is 6.86. The summed E-state index contributed by atoms with van der Waals surface area (Å²) >= 11 is 0. The summed E-state index contributed by atoms with van der Waals surface area (Å²) in [5.41, 5.74) is -0.0652. The SMILES string of the molecule is Cc1cccc(F)c1.O=C1CCCN1c1cc(C2CCCCC2)c(=O)n(Cc2ncccc2C(F)(F)F)n1. The molecular weight excluding hydrogens is 500 g/mol. The quantitative estimate of drug-likeness (QED) is 0.387. The van der Waals surface area contributed by atoms with Crippen molar-refractivity contribution in [2.24, 2.45) is 0 Å². The predicted molar refractivity (Wildman–Crippen MR) is 135 cm³/mol. The number of alkyl halides is 3. The van der Waals surface area contributed by atoms with Crippen LogP contribution in [0.3, 0.4) is 0 Å². The zero-order chi connectivity index (χ0) is 27.3. The van der Waals surface area contributed by atoms with E-state index in [1.807, 2.05) is 13.0 Å². The number of aryl methyl sites for hydroxylation is 1. The maximum absolute atomic E-state index is 13.4. The molecule has 1 amide bonds. The Hall–Kier alpha value is -3.56. The molecule has 0 atom stereocenters. The van der Waals surface area contributed by atoms with Crippen LogP contribution in [-0.4, -0.2) is 27.2 Å². The average Bonchev–Trinajstić information content (AvgIpc) is 3.31. The number of carbonyl (C=O) groups excluding carboxylic acids is 1. The Balaban J connectivity index is 0.000000360. The Bertz CT molecular complexity index is 1320. The lowest BCUT2D eigenvalue weighted by atomic mass is 9.85. The first-order chi connectivity index (χ1) is 18.1. The van der Waals surface area contributed by atoms with Gasteiger partial charge >= 0.3 is 6.18 Å². The van der Waals surface area contributed by atoms with E-state index < -0.39 is 23.8 Å². The van der Waals surface area contributed by atoms with Gasteiger partial charge in [0.2, 0.25) is 5.91 Å². The topological polar surface area (TPSA) is 68.1 Å². The number of benzene rings is 1. The van der Waals surface area contributed by atoms with Gasteiger partial charge < -0.3 is 0 Å². The second-order valence-corrected chi connectivity index (χ2v) is 9.70. The zero-order valence-electron chi connectivity index (χ0n) is 21.2. The van der Waals surface area contributed by atoms with Crippen molar-refractivity contribution in [2.45, 2.75) is 70.5 Å². The van der Waals surface area contributed by atoms with Crippen molar-refractivity contribution in [1.29, 1.82) is 0 Å². The van der Waals surface area contributed by atoms with E-state index >= 15 is 0 Å². The summed E-state index contributed by atoms with van der Waals surface area (Å²) in [5, 5.41) is 4.28. The molecule has 202 valence electrons. The van der Waals surface area contributed by atoms with Crippen molar-refractivity contribution in [1.82, 2.24) is 14.8 Å². The van der Waals surface area contributed by atoms with Crippen molar-refractivity contribution in [2.75, 3.05) is 11.4 Å². The van der Waals surface area contributed by atoms with E-state index in [0.717, 1.165) is 48.4 Å². The van der Waals surface area contributed by atoms with Crippen LogP contribution in [0.1, 0.15) is 73.2 Å². The third kappa shape index (κ3) is 6.65. The molecule has 2 fully saturated rings. The Morgan fingerprint density at radius 2 is 1.76 bits per heavy atom. The van der Waals surface area contributed by atoms with E-state index in [0.29, 0.717) is 30.8 Å². The maximum atomic E-state index is 13.4. The minimum Gasteiger partial charge on any atom is -0.295 e. The molecule has 1 aliphatic carbocycles. The highest BCUT2D eigenvalue weighted by Gasteiger charge is 2.34. The number of hydrogen-bond donors (Lipinski definition) is 0. The first-order valence-corrected chi connectivity index (χ1v) is 12.8. The number of nitrogens with zero attached hydrogens (tertiary/aromatic N) is 4. The van der Waals surface area contributed by atoms with Gasteiger partial charge in [-0.3, -0.25) is 19.5 Å². The highest BCUT2D eigenvalue weighted by molar-refractivity contribution is 5.94. The summed E-state index contributed by atoms with van der Waals surface area (Å²) in [5.74, 6) is 0.117. The molecule has 0 unspecified atom stereocenters. The van der Waals surface area contributed by atoms with Gasteiger partial charge in [-0.2, -0.15) is 18.3 Å². The average molecular weight is 531 g/mol. The number of aromatic nitrogens is 3. The van der Waals surface area contributed by atoms with E-state index in [2.05, 4.69) is 10.1 Å². The summed E-state index contributed by atoms with van der Waals surface area (Å²) in [4.78, 5) is 30.8. The Morgan fingerprint density at radius 3 is 2.37 bits per heavy atom. The van der Waals surface area contributed by atoms with E-state index in [4.69, 9.17) is 0 Å². The van der Waals surface area contributed by atoms with Crippen LogP contribution in [0.5, 0.6) is 0 Å². The molecule has 3 aromatic rings. The second-order valence-electron chi connectivity index (χ2n) is 9.70. The lowest BCUT2D eigenvalue weighted by Crippen LogP contribution is -2.34. The molecule has 0 radical (unpaired) electrons. The van der Waals surface area contributed by atoms with E-state index in [1.54, 1.807) is 12.1 Å². The van der Waals surface area contributed by atoms with Crippen LogP contribution in [0.4, 0.5) is 23.4 Å². The van der Waals surface area contributed by atoms with Crippen molar-refractivity contribution in [3.8, 4) is 0 Å². The number of rotatable bonds is 4. The lowest BCUT2D eigenvalue weighted by Gasteiger charge is -2.24. The normalized spacial score (nSPS) is 16.3. The Labute approximate surface area is 218 Å². The Kier molecular flexibility index (Phi) is 8.58. The van der Waals surface area contributed by atoms with Crippen LogP contribution in [0.2, 0.25) is 0 Å². The van der Waals surface area contributed by atoms with Crippen molar-refractivity contribution >= 4 is 11.7 Å². The first kappa shape index (κ1) is 27.5. The van der Waals surface area contributed by atoms with Gasteiger partial charge in [0.05, 0.1) is 17.8 Å². The van der Waals surface area contributed by atoms with Crippen LogP contribution in [0, 0.1) is 12.7 Å². The number of hydrogen-bond acceptors (Lipinski definition) is 4. The van der Waals surface area contributed by atoms with Crippen LogP contribution in [0.15, 0.2) is 53.5 Å². The molecule has 3 heterocycles. The van der Waals surface area contributed by atoms with Crippen molar-refractivity contribution in [3.63, 3.8) is 0 Å². The molecule has 2 aliphatic rings. The van der Waals surface area contributed by atoms with Gasteiger partial charge in [0.1, 0.15) is 5.82 Å². The first-order valence-electron chi connectivity index (χ1n) is 12.8. The fourth-order valence-corrected chi connectivity index (χ4v) is 4.95. The summed E-state index contributed by atoms with van der Waals surface area (Å²) in [6.45, 7) is 1.96. The van der Waals surface area contributed by atoms with Gasteiger partial charge in [-0.05, 0) is 68.0 Å². The molecular formula is C28H30F4N4O2. The minimum absolute atomic E-state index is 0.0303. The standard InChI is InChI=1S/C21H23F3N4O2.C7H7F/c22-21(23,24)16-8-4-10-25-17(16)13-28-20(30)15(14-6-2-1-3-7-14)12-18(26-28)27-11-5-9-19(27)29;1-6-3-2-4-7(8)5-6/h4,8,10,12,14H,1-3,5-7,9,11,13H2;2-5H,1H3. The van der Waals surface area contributed by atoms with Crippen LogP contribution in [-0.2, 0) is 17.5 Å². The zero-order valence-corrected chi connectivity index (χ0v) is 21.2. The van der Waals surface area contributed by atoms with Gasteiger partial charge in [-0.15, -0.1) is 0 Å². The number of pyridine rings is 1. The molecule has 0 spiro atoms. The van der Waals surface area contributed by atoms with Gasteiger partial charge in [0.25, 0.3) is 5.56 Å². The fourth-order valence-electron chi connectivity index (χ4n) is 4.95. The molecule has 0 N–H and O–H groups in total. The van der Waals surface area contributed by atoms with Gasteiger partial charge in [0.15, 0.2) is 5.82 Å². The number of anilines is 1. The predicted octanol–water partition coefficient (Wildman–Crippen LogP) is 6.01. The summed E-state index contributed by atoms with van der Waals surface area (Å²) < 4.78 is 53.4. The van der Waals surface area contributed by atoms with Crippen molar-refractivity contribution < 1.29 is 22.4 Å². The molecule has 6 nitrogen and oxygen atoms in total. The molecule has 38 heavy (non-hydrogen) atoms. The van der Waals surface area contributed by atoms with Gasteiger partial charge in [-0.1, -0.05) is 31.4 Å². The molecule has 1 saturated carbocycles. The molecule has 1 aliphatic heterocycles. The molecule has 10 heteroatoms. The van der Waals surface area contributed by atoms with E-state index in [-0.39, 0.29) is 23.3 Å². The molecule has 0 bridgehead atoms. The monoisotopic (exact) mass is 530 g/mol. The second kappa shape index (κ2) is 11.9. The van der Waals surface area contributed by atoms with Crippen LogP contribution in [0.25, 0.3) is 0 Å². The molecule has 2 aromatic heterocycles. The summed E-state index contributed by atoms with van der Waals surface area (Å²) in [6, 6.07) is 10.3. The van der Waals surface area contributed by atoms with Crippen molar-refractivity contribution in [3.05, 3.63) is 87.2 Å². The van der Waals surface area contributed by atoms with Crippen LogP contribution < -0.4 is 10.5 Å². The number of amides is 1. The van der Waals surface area contributed by atoms with E-state index in [1.165, 1.54) is 29.3 Å². The highest BCUT2D eigenvalue weighted by atomic mass is 19.4. The summed E-state index contributed by atoms with van der Waals surface area (Å²) in [7, 11) is 0. The van der Waals surface area contributed by atoms with E-state index in [9.17, 15) is 27.2 Å².